The van der Waals surface area contributed by atoms with Crippen LogP contribution >= 0.6 is 0 Å². The number of aromatic nitrogens is 4. The van der Waals surface area contributed by atoms with E-state index in [1.807, 2.05) is 0 Å². The molecule has 0 bridgehead atoms. The second-order valence-corrected chi connectivity index (χ2v) is 8.69. The summed E-state index contributed by atoms with van der Waals surface area (Å²) in [5.41, 5.74) is 10.8. The van der Waals surface area contributed by atoms with E-state index in [2.05, 4.69) is 31.8 Å². The lowest BCUT2D eigenvalue weighted by atomic mass is 10.0. The van der Waals surface area contributed by atoms with Gasteiger partial charge in [0.2, 0.25) is 0 Å². The van der Waals surface area contributed by atoms with E-state index >= 15 is 0 Å². The smallest absolute Gasteiger partial charge is 0.475 e. The highest BCUT2D eigenvalue weighted by molar-refractivity contribution is 6.02. The minimum Gasteiger partial charge on any atom is -0.475 e. The van der Waals surface area contributed by atoms with Gasteiger partial charge in [-0.15, -0.1) is 0 Å². The summed E-state index contributed by atoms with van der Waals surface area (Å²) >= 11 is 0. The molecule has 3 aliphatic rings. The number of hydrogen-bond acceptors (Lipinski definition) is 7. The zero-order valence-corrected chi connectivity index (χ0v) is 17.9. The molecule has 1 unspecified atom stereocenters. The zero-order valence-electron chi connectivity index (χ0n) is 17.9. The number of carboxylic acids is 1. The Hall–Kier alpha value is -3.41. The molecule has 0 aromatic carbocycles. The number of alkyl halides is 3. The summed E-state index contributed by atoms with van der Waals surface area (Å²) in [7, 11) is 0. The number of hydrogen-bond donors (Lipinski definition) is 3. The number of anilines is 1. The molecule has 0 amide bonds. The van der Waals surface area contributed by atoms with Crippen LogP contribution in [0.5, 0.6) is 0 Å². The molecule has 4 N–H and O–H groups in total. The first-order valence-electron chi connectivity index (χ1n) is 10.9. The van der Waals surface area contributed by atoms with Crippen molar-refractivity contribution in [1.29, 1.82) is 0 Å². The van der Waals surface area contributed by atoms with Crippen LogP contribution in [0.1, 0.15) is 67.2 Å². The molecule has 3 heterocycles. The van der Waals surface area contributed by atoms with Gasteiger partial charge in [-0.3, -0.25) is 0 Å². The number of aliphatic hydroxyl groups is 1. The van der Waals surface area contributed by atoms with Crippen molar-refractivity contribution in [3.63, 3.8) is 0 Å². The molecule has 1 fully saturated rings. The quantitative estimate of drug-likeness (QED) is 0.470. The van der Waals surface area contributed by atoms with Crippen molar-refractivity contribution in [2.45, 2.75) is 62.8 Å². The van der Waals surface area contributed by atoms with Crippen molar-refractivity contribution in [2.24, 2.45) is 0 Å². The zero-order chi connectivity index (χ0) is 24.2. The van der Waals surface area contributed by atoms with Crippen LogP contribution in [0.3, 0.4) is 0 Å². The van der Waals surface area contributed by atoms with Gasteiger partial charge in [-0.1, -0.05) is 17.3 Å². The molecule has 0 aliphatic heterocycles. The minimum absolute atomic E-state index is 0.319. The number of aliphatic hydroxyl groups excluding tert-OH is 1. The average molecular weight is 477 g/mol. The van der Waals surface area contributed by atoms with Gasteiger partial charge in [-0.2, -0.15) is 13.2 Å². The van der Waals surface area contributed by atoms with E-state index in [0.717, 1.165) is 71.4 Å². The Morgan fingerprint density at radius 2 is 1.85 bits per heavy atom. The van der Waals surface area contributed by atoms with Gasteiger partial charge in [0.15, 0.2) is 0 Å². The van der Waals surface area contributed by atoms with Crippen LogP contribution in [0, 0.1) is 0 Å². The number of allylic oxidation sites excluding steroid dienone is 2. The second-order valence-electron chi connectivity index (χ2n) is 8.69. The Morgan fingerprint density at radius 1 is 1.18 bits per heavy atom. The molecule has 1 saturated carbocycles. The van der Waals surface area contributed by atoms with Crippen molar-refractivity contribution in [3.05, 3.63) is 35.5 Å². The maximum Gasteiger partial charge on any atom is 0.490 e. The summed E-state index contributed by atoms with van der Waals surface area (Å²) in [6, 6.07) is 0.319. The van der Waals surface area contributed by atoms with Crippen LogP contribution in [-0.4, -0.2) is 42.1 Å². The van der Waals surface area contributed by atoms with E-state index in [4.69, 9.17) is 20.2 Å². The number of fused-ring (bicyclic) bond motifs is 5. The summed E-state index contributed by atoms with van der Waals surface area (Å²) in [5.74, 6) is -1.06. The maximum absolute atomic E-state index is 10.9. The maximum atomic E-state index is 10.9. The minimum atomic E-state index is -5.08. The number of nitrogen functional groups attached to an aromatic ring is 1. The van der Waals surface area contributed by atoms with E-state index in [9.17, 15) is 18.3 Å². The van der Waals surface area contributed by atoms with Crippen molar-refractivity contribution < 1.29 is 32.7 Å². The van der Waals surface area contributed by atoms with Crippen LogP contribution < -0.4 is 5.73 Å². The van der Waals surface area contributed by atoms with Crippen LogP contribution in [0.15, 0.2) is 23.0 Å². The third kappa shape index (κ3) is 3.71. The molecule has 9 nitrogen and oxygen atoms in total. The fourth-order valence-electron chi connectivity index (χ4n) is 4.78. The molecule has 180 valence electrons. The molecule has 3 aromatic heterocycles. The van der Waals surface area contributed by atoms with Gasteiger partial charge in [0.05, 0.1) is 17.1 Å². The molecule has 34 heavy (non-hydrogen) atoms. The van der Waals surface area contributed by atoms with Gasteiger partial charge in [0.1, 0.15) is 29.2 Å². The summed E-state index contributed by atoms with van der Waals surface area (Å²) in [4.78, 5) is 17.7. The van der Waals surface area contributed by atoms with E-state index in [0.29, 0.717) is 24.2 Å². The monoisotopic (exact) mass is 477 g/mol. The molecular formula is C22H22F3N5O4. The predicted molar refractivity (Wildman–Crippen MR) is 114 cm³/mol. The van der Waals surface area contributed by atoms with Crippen molar-refractivity contribution in [2.75, 3.05) is 5.73 Å². The second kappa shape index (κ2) is 8.12. The van der Waals surface area contributed by atoms with Gasteiger partial charge in [0.25, 0.3) is 0 Å². The number of halogens is 3. The van der Waals surface area contributed by atoms with Crippen molar-refractivity contribution in [3.8, 4) is 11.3 Å². The van der Waals surface area contributed by atoms with Crippen LogP contribution in [0.25, 0.3) is 22.3 Å². The predicted octanol–water partition coefficient (Wildman–Crippen LogP) is 4.05. The summed E-state index contributed by atoms with van der Waals surface area (Å²) in [6.07, 6.45) is 5.85. The van der Waals surface area contributed by atoms with Gasteiger partial charge in [-0.05, 0) is 38.5 Å². The molecule has 0 spiro atoms. The van der Waals surface area contributed by atoms with Gasteiger partial charge in [0, 0.05) is 23.2 Å². The van der Waals surface area contributed by atoms with E-state index in [-0.39, 0.29) is 0 Å². The van der Waals surface area contributed by atoms with Gasteiger partial charge < -0.3 is 25.0 Å². The topological polar surface area (TPSA) is 140 Å². The molecule has 12 heteroatoms. The highest BCUT2D eigenvalue weighted by atomic mass is 19.4. The van der Waals surface area contributed by atoms with E-state index in [1.165, 1.54) is 6.33 Å². The van der Waals surface area contributed by atoms with Crippen molar-refractivity contribution in [1.82, 2.24) is 19.7 Å². The van der Waals surface area contributed by atoms with Crippen LogP contribution in [0.2, 0.25) is 0 Å². The van der Waals surface area contributed by atoms with Crippen molar-refractivity contribution >= 4 is 22.8 Å². The first-order chi connectivity index (χ1) is 16.2. The lowest BCUT2D eigenvalue weighted by Crippen LogP contribution is -2.21. The Bertz CT molecular complexity index is 1280. The van der Waals surface area contributed by atoms with Crippen LogP contribution in [-0.2, 0) is 11.2 Å². The summed E-state index contributed by atoms with van der Waals surface area (Å²) in [6.45, 7) is 0. The Kier molecular flexibility index (Phi) is 5.34. The Balaban J connectivity index is 0.000000304. The van der Waals surface area contributed by atoms with E-state index in [1.54, 1.807) is 0 Å². The summed E-state index contributed by atoms with van der Waals surface area (Å²) < 4.78 is 39.8. The molecule has 3 aliphatic carbocycles. The standard InChI is InChI=1S/C20H21N5O2.C2HF3O2/c21-19-16-14-12(25(11-3-1-2-4-11)20(16)23-9-22-19)7-8-13(26)15-17(14)24-27-18(15)10-5-6-10;3-2(4,5)1(6)7/h1-2,9-11,13,26H,3-8H2,(H2,21,22,23);(H,6,7). The molecule has 0 radical (unpaired) electrons. The third-order valence-corrected chi connectivity index (χ3v) is 6.43. The molecule has 1 atom stereocenters. The molecule has 0 saturated heterocycles. The normalized spacial score (nSPS) is 19.9. The SMILES string of the molecule is Nc1ncnc2c1c1c(n2C2CC=CC2)CCC(O)c2c-1noc2C1CC1.O=C(O)C(F)(F)F. The molecular weight excluding hydrogens is 455 g/mol. The highest BCUT2D eigenvalue weighted by Crippen LogP contribution is 2.51. The first-order valence-corrected chi connectivity index (χ1v) is 10.9. The Morgan fingerprint density at radius 3 is 2.47 bits per heavy atom. The third-order valence-electron chi connectivity index (χ3n) is 6.43. The van der Waals surface area contributed by atoms with Gasteiger partial charge >= 0.3 is 12.1 Å². The fourth-order valence-corrected chi connectivity index (χ4v) is 4.78. The number of rotatable bonds is 2. The van der Waals surface area contributed by atoms with Gasteiger partial charge in [-0.25, -0.2) is 14.8 Å². The molecule has 6 rings (SSSR count). The number of nitrogens with two attached hydrogens (primary N) is 1. The molecule has 3 aromatic rings. The fraction of sp³-hybridized carbons (Fsp3) is 0.455. The number of nitrogens with zero attached hydrogens (tertiary/aromatic N) is 4. The highest BCUT2D eigenvalue weighted by Gasteiger charge is 2.40. The number of carbonyl (C=O) groups is 1. The average Bonchev–Trinajstić information content (AvgIpc) is 3.20. The van der Waals surface area contributed by atoms with E-state index < -0.39 is 18.2 Å². The lowest BCUT2D eigenvalue weighted by Gasteiger charge is -2.17. The first kappa shape index (κ1) is 22.4. The lowest BCUT2D eigenvalue weighted by molar-refractivity contribution is -0.192. The number of aliphatic carboxylic acids is 1. The number of carboxylic acid groups (broad SMARTS) is 1. The summed E-state index contributed by atoms with van der Waals surface area (Å²) in [5, 5.41) is 23.3. The largest absolute Gasteiger partial charge is 0.490 e. The Labute approximate surface area is 191 Å². The van der Waals surface area contributed by atoms with Crippen LogP contribution in [0.4, 0.5) is 19.0 Å².